The molecule has 0 saturated carbocycles. The Morgan fingerprint density at radius 1 is 1.39 bits per heavy atom. The molecule has 7 heteroatoms. The second-order valence-electron chi connectivity index (χ2n) is 5.97. The summed E-state index contributed by atoms with van der Waals surface area (Å²) < 4.78 is 42.6. The zero-order valence-electron chi connectivity index (χ0n) is 13.4. The summed E-state index contributed by atoms with van der Waals surface area (Å²) in [5.41, 5.74) is 0.391. The van der Waals surface area contributed by atoms with Gasteiger partial charge in [0.15, 0.2) is 14.6 Å². The molecule has 0 aliphatic carbocycles. The zero-order valence-corrected chi connectivity index (χ0v) is 14.2. The molecule has 2 N–H and O–H groups in total. The Morgan fingerprint density at radius 3 is 2.61 bits per heavy atom. The van der Waals surface area contributed by atoms with Crippen molar-refractivity contribution in [3.63, 3.8) is 0 Å². The van der Waals surface area contributed by atoms with E-state index in [9.17, 15) is 12.8 Å². The third kappa shape index (κ3) is 3.55. The molecular weight excluding hydrogens is 319 g/mol. The highest BCUT2D eigenvalue weighted by atomic mass is 32.2. The van der Waals surface area contributed by atoms with Crippen LogP contribution in [-0.2, 0) is 19.3 Å². The third-order valence-corrected chi connectivity index (χ3v) is 6.75. The maximum Gasteiger partial charge on any atom is 0.169 e. The quantitative estimate of drug-likeness (QED) is 0.777. The Hall–Kier alpha value is -1.47. The van der Waals surface area contributed by atoms with Crippen molar-refractivity contribution in [2.75, 3.05) is 19.0 Å². The van der Waals surface area contributed by atoms with E-state index in [1.807, 2.05) is 0 Å². The van der Waals surface area contributed by atoms with Crippen molar-refractivity contribution in [1.82, 2.24) is 5.32 Å². The van der Waals surface area contributed by atoms with E-state index in [0.29, 0.717) is 12.2 Å². The molecule has 0 spiro atoms. The first kappa shape index (κ1) is 17.9. The number of rotatable bonds is 6. The van der Waals surface area contributed by atoms with Gasteiger partial charge in [0, 0.05) is 6.61 Å². The van der Waals surface area contributed by atoms with Crippen LogP contribution in [0.25, 0.3) is 0 Å². The van der Waals surface area contributed by atoms with Gasteiger partial charge in [-0.25, -0.2) is 12.8 Å². The van der Waals surface area contributed by atoms with Crippen LogP contribution in [0.3, 0.4) is 0 Å². The van der Waals surface area contributed by atoms with Crippen molar-refractivity contribution in [1.29, 1.82) is 5.41 Å². The van der Waals surface area contributed by atoms with Crippen LogP contribution in [0.15, 0.2) is 24.3 Å². The lowest BCUT2D eigenvalue weighted by Crippen LogP contribution is -2.60. The lowest BCUT2D eigenvalue weighted by molar-refractivity contribution is 0.117. The summed E-state index contributed by atoms with van der Waals surface area (Å²) in [6.45, 7) is 4.37. The molecule has 1 aliphatic rings. The van der Waals surface area contributed by atoms with Crippen molar-refractivity contribution in [2.45, 2.75) is 37.5 Å². The molecule has 2 atom stereocenters. The van der Waals surface area contributed by atoms with Crippen LogP contribution in [-0.4, -0.2) is 39.3 Å². The second-order valence-corrected chi connectivity index (χ2v) is 8.35. The van der Waals surface area contributed by atoms with Crippen LogP contribution in [0.4, 0.5) is 4.39 Å². The predicted octanol–water partition coefficient (Wildman–Crippen LogP) is 2.22. The third-order valence-electron chi connectivity index (χ3n) is 4.22. The summed E-state index contributed by atoms with van der Waals surface area (Å²) in [6, 6.07) is 4.83. The SMILES string of the molecule is CCCCOC[C@H]1CS(=O)(=O)C(C)(c2ccc(F)cc2)C(=N)N1. The van der Waals surface area contributed by atoms with E-state index < -0.39 is 26.4 Å². The Morgan fingerprint density at radius 2 is 2.04 bits per heavy atom. The molecule has 1 aromatic rings. The van der Waals surface area contributed by atoms with E-state index in [1.165, 1.54) is 31.2 Å². The Kier molecular flexibility index (Phi) is 5.41. The van der Waals surface area contributed by atoms with Gasteiger partial charge in [0.05, 0.1) is 18.4 Å². The van der Waals surface area contributed by atoms with Crippen LogP contribution < -0.4 is 5.32 Å². The highest BCUT2D eigenvalue weighted by molar-refractivity contribution is 7.93. The standard InChI is InChI=1S/C16H23FN2O3S/c1-3-4-9-22-10-14-11-23(20,21)16(2,15(18)19-14)12-5-7-13(17)8-6-12/h5-8,14H,3-4,9-11H2,1-2H3,(H2,18,19)/t14-,16?/m0/s1. The van der Waals surface area contributed by atoms with E-state index in [1.54, 1.807) is 0 Å². The molecule has 2 rings (SSSR count). The molecule has 0 aromatic heterocycles. The largest absolute Gasteiger partial charge is 0.379 e. The number of hydrogen-bond acceptors (Lipinski definition) is 4. The Balaban J connectivity index is 2.18. The molecule has 128 valence electrons. The molecule has 23 heavy (non-hydrogen) atoms. The van der Waals surface area contributed by atoms with E-state index >= 15 is 0 Å². The minimum absolute atomic E-state index is 0.0977. The number of amidine groups is 1. The van der Waals surface area contributed by atoms with Crippen molar-refractivity contribution in [3.8, 4) is 0 Å². The highest BCUT2D eigenvalue weighted by Gasteiger charge is 2.50. The van der Waals surface area contributed by atoms with Gasteiger partial charge in [-0.15, -0.1) is 0 Å². The fourth-order valence-electron chi connectivity index (χ4n) is 2.62. The van der Waals surface area contributed by atoms with E-state index in [-0.39, 0.29) is 18.2 Å². The lowest BCUT2D eigenvalue weighted by Gasteiger charge is -2.39. The van der Waals surface area contributed by atoms with Gasteiger partial charge in [0.2, 0.25) is 0 Å². The van der Waals surface area contributed by atoms with Gasteiger partial charge >= 0.3 is 0 Å². The molecule has 0 amide bonds. The number of hydrogen-bond donors (Lipinski definition) is 2. The average Bonchev–Trinajstić information content (AvgIpc) is 2.49. The fourth-order valence-corrected chi connectivity index (χ4v) is 4.53. The molecule has 1 saturated heterocycles. The molecule has 1 unspecified atom stereocenters. The van der Waals surface area contributed by atoms with E-state index in [0.717, 1.165) is 12.8 Å². The molecule has 1 aromatic carbocycles. The fraction of sp³-hybridized carbons (Fsp3) is 0.562. The lowest BCUT2D eigenvalue weighted by atomic mass is 9.98. The topological polar surface area (TPSA) is 79.2 Å². The smallest absolute Gasteiger partial charge is 0.169 e. The summed E-state index contributed by atoms with van der Waals surface area (Å²) in [7, 11) is -3.62. The Bertz CT molecular complexity index is 660. The summed E-state index contributed by atoms with van der Waals surface area (Å²) >= 11 is 0. The van der Waals surface area contributed by atoms with Gasteiger partial charge in [0.1, 0.15) is 11.7 Å². The first-order valence-corrected chi connectivity index (χ1v) is 9.38. The number of nitrogens with one attached hydrogen (secondary N) is 2. The zero-order chi connectivity index (χ0) is 17.1. The molecule has 1 heterocycles. The van der Waals surface area contributed by atoms with Crippen LogP contribution >= 0.6 is 0 Å². The van der Waals surface area contributed by atoms with Crippen LogP contribution in [0, 0.1) is 11.2 Å². The number of ether oxygens (including phenoxy) is 1. The monoisotopic (exact) mass is 342 g/mol. The Labute approximate surface area is 136 Å². The highest BCUT2D eigenvalue weighted by Crippen LogP contribution is 2.34. The minimum Gasteiger partial charge on any atom is -0.379 e. The average molecular weight is 342 g/mol. The van der Waals surface area contributed by atoms with Crippen LogP contribution in [0.5, 0.6) is 0 Å². The van der Waals surface area contributed by atoms with Crippen molar-refractivity contribution in [2.24, 2.45) is 0 Å². The number of unbranched alkanes of at least 4 members (excludes halogenated alkanes) is 1. The molecule has 0 radical (unpaired) electrons. The van der Waals surface area contributed by atoms with Gasteiger partial charge in [-0.1, -0.05) is 25.5 Å². The number of benzene rings is 1. The summed E-state index contributed by atoms with van der Waals surface area (Å²) in [6.07, 6.45) is 1.93. The first-order chi connectivity index (χ1) is 10.8. The maximum absolute atomic E-state index is 13.1. The summed E-state index contributed by atoms with van der Waals surface area (Å²) in [5, 5.41) is 11.1. The van der Waals surface area contributed by atoms with Crippen molar-refractivity contribution < 1.29 is 17.5 Å². The number of halogens is 1. The van der Waals surface area contributed by atoms with Crippen molar-refractivity contribution >= 4 is 15.7 Å². The van der Waals surface area contributed by atoms with Gasteiger partial charge in [-0.05, 0) is 31.0 Å². The van der Waals surface area contributed by atoms with Crippen LogP contribution in [0.2, 0.25) is 0 Å². The predicted molar refractivity (Wildman–Crippen MR) is 87.9 cm³/mol. The molecule has 1 fully saturated rings. The van der Waals surface area contributed by atoms with Crippen molar-refractivity contribution in [3.05, 3.63) is 35.6 Å². The maximum atomic E-state index is 13.1. The first-order valence-electron chi connectivity index (χ1n) is 7.73. The molecule has 5 nitrogen and oxygen atoms in total. The summed E-state index contributed by atoms with van der Waals surface area (Å²) in [4.78, 5) is 0. The van der Waals surface area contributed by atoms with Gasteiger partial charge in [0.25, 0.3) is 0 Å². The number of sulfone groups is 1. The molecule has 0 bridgehead atoms. The molecule has 1 aliphatic heterocycles. The summed E-state index contributed by atoms with van der Waals surface area (Å²) in [5.74, 6) is -0.651. The van der Waals surface area contributed by atoms with E-state index in [2.05, 4.69) is 12.2 Å². The van der Waals surface area contributed by atoms with Gasteiger partial charge in [-0.2, -0.15) is 0 Å². The second kappa shape index (κ2) is 6.97. The minimum atomic E-state index is -3.62. The molecular formula is C16H23FN2O3S. The van der Waals surface area contributed by atoms with Gasteiger partial charge in [-0.3, -0.25) is 5.41 Å². The van der Waals surface area contributed by atoms with Crippen LogP contribution in [0.1, 0.15) is 32.3 Å². The van der Waals surface area contributed by atoms with E-state index in [4.69, 9.17) is 10.1 Å². The normalized spacial score (nSPS) is 26.7. The van der Waals surface area contributed by atoms with Gasteiger partial charge < -0.3 is 10.1 Å².